The largest absolute Gasteiger partial charge is 1.00 e. The van der Waals surface area contributed by atoms with E-state index in [0.29, 0.717) is 0 Å². The summed E-state index contributed by atoms with van der Waals surface area (Å²) < 4.78 is 10.9. The van der Waals surface area contributed by atoms with Crippen LogP contribution < -0.4 is 29.6 Å². The Morgan fingerprint density at radius 2 is 1.77 bits per heavy atom. The Morgan fingerprint density at radius 3 is 2.15 bits per heavy atom. The van der Waals surface area contributed by atoms with E-state index in [1.165, 1.54) is 6.04 Å². The Labute approximate surface area is 112 Å². The summed E-state index contributed by atoms with van der Waals surface area (Å²) in [6, 6.07) is 1.24. The first kappa shape index (κ1) is 16.9. The summed E-state index contributed by atoms with van der Waals surface area (Å²) in [6.45, 7) is 5.53. The van der Waals surface area contributed by atoms with Crippen LogP contribution in [0, 0.1) is 0 Å². The van der Waals surface area contributed by atoms with E-state index in [9.17, 15) is 0 Å². The van der Waals surface area contributed by atoms with Crippen molar-refractivity contribution in [2.24, 2.45) is 0 Å². The summed E-state index contributed by atoms with van der Waals surface area (Å²) in [5.74, 6) is 0.999. The van der Waals surface area contributed by atoms with Gasteiger partial charge in [-0.1, -0.05) is 12.5 Å². The molecule has 0 heterocycles. The van der Waals surface area contributed by atoms with Crippen molar-refractivity contribution in [1.82, 2.24) is 0 Å². The summed E-state index contributed by atoms with van der Waals surface area (Å²) >= 11 is 4.87. The number of hydrogen-bond donors (Lipinski definition) is 0. The van der Waals surface area contributed by atoms with E-state index in [4.69, 9.17) is 22.1 Å². The molecule has 5 heteroatoms. The van der Waals surface area contributed by atoms with Crippen molar-refractivity contribution in [3.63, 3.8) is 0 Å². The minimum atomic E-state index is -0.219. The molecule has 74 valence electrons. The van der Waals surface area contributed by atoms with Gasteiger partial charge < -0.3 is 22.1 Å². The van der Waals surface area contributed by atoms with Gasteiger partial charge in [-0.3, -0.25) is 0 Å². The molecule has 0 aromatic carbocycles. The van der Waals surface area contributed by atoms with Crippen LogP contribution in [-0.2, 0) is 22.1 Å². The van der Waals surface area contributed by atoms with Gasteiger partial charge in [0.25, 0.3) is 0 Å². The van der Waals surface area contributed by atoms with Crippen molar-refractivity contribution in [3.05, 3.63) is 0 Å². The molecule has 0 aliphatic rings. The maximum Gasteiger partial charge on any atom is 1.00 e. The second kappa shape index (κ2) is 13.5. The Balaban J connectivity index is 0. The van der Waals surface area contributed by atoms with Gasteiger partial charge in [0.15, 0.2) is 0 Å². The first-order valence-electron chi connectivity index (χ1n) is 4.66. The van der Waals surface area contributed by atoms with Crippen LogP contribution in [0.5, 0.6) is 0 Å². The van der Waals surface area contributed by atoms with Gasteiger partial charge in [-0.25, -0.2) is 0 Å². The molecule has 0 unspecified atom stereocenters. The zero-order valence-corrected chi connectivity index (χ0v) is 13.3. The molecule has 0 atom stereocenters. The summed E-state index contributed by atoms with van der Waals surface area (Å²) in [5, 5.41) is 0. The van der Waals surface area contributed by atoms with Crippen LogP contribution in [0.4, 0.5) is 0 Å². The third-order valence-electron chi connectivity index (χ3n) is 1.54. The molecule has 0 aromatic heterocycles. The molecule has 0 spiro atoms. The van der Waals surface area contributed by atoms with E-state index in [-0.39, 0.29) is 45.0 Å². The summed E-state index contributed by atoms with van der Waals surface area (Å²) in [4.78, 5) is 0. The molecule has 0 saturated heterocycles. The molecular weight excluding hydrogens is 211 g/mol. The predicted octanol–water partition coefficient (Wildman–Crippen LogP) is -2.13. The Bertz CT molecular complexity index is 92.2. The maximum absolute atomic E-state index is 5.43. The average molecular weight is 230 g/mol. The minimum absolute atomic E-state index is 0. The first-order valence-corrected chi connectivity index (χ1v) is 7.05. The van der Waals surface area contributed by atoms with Crippen molar-refractivity contribution in [2.45, 2.75) is 32.2 Å². The minimum Gasteiger partial charge on any atom is -0.793 e. The summed E-state index contributed by atoms with van der Waals surface area (Å²) in [6.07, 6.45) is 1.15. The Kier molecular flexibility index (Phi) is 17.5. The fourth-order valence-corrected chi connectivity index (χ4v) is 3.24. The van der Waals surface area contributed by atoms with Gasteiger partial charge in [-0.15, -0.1) is 0 Å². The Morgan fingerprint density at radius 1 is 1.23 bits per heavy atom. The molecule has 0 rings (SSSR count). The molecule has 0 bridgehead atoms. The molecule has 0 aliphatic heterocycles. The van der Waals surface area contributed by atoms with Gasteiger partial charge >= 0.3 is 29.6 Å². The van der Waals surface area contributed by atoms with Crippen molar-refractivity contribution in [1.29, 1.82) is 0 Å². The normalized spacial score (nSPS) is 11.1. The third kappa shape index (κ3) is 11.4. The van der Waals surface area contributed by atoms with Crippen LogP contribution in [0.25, 0.3) is 0 Å². The van der Waals surface area contributed by atoms with Crippen LogP contribution >= 0.6 is 0 Å². The molecular formula is C8H19NaO2SSi. The summed E-state index contributed by atoms with van der Waals surface area (Å²) in [5.41, 5.74) is 0. The number of ether oxygens (including phenoxy) is 2. The molecule has 0 amide bonds. The SMILES string of the molecule is CCOC(OCC)[SiH2]CCC[S-].[Na+]. The standard InChI is InChI=1S/C8H20O2SSi.Na/c1-3-9-8(10-4-2)12-7-5-6-11;/h8,11H,3-7,12H2,1-2H3;/q;+1/p-1. The van der Waals surface area contributed by atoms with Crippen molar-refractivity contribution in [2.75, 3.05) is 19.0 Å². The van der Waals surface area contributed by atoms with E-state index >= 15 is 0 Å². The smallest absolute Gasteiger partial charge is 0.793 e. The second-order valence-electron chi connectivity index (χ2n) is 2.54. The van der Waals surface area contributed by atoms with Gasteiger partial charge in [-0.2, -0.15) is 5.75 Å². The second-order valence-corrected chi connectivity index (χ2v) is 4.90. The van der Waals surface area contributed by atoms with E-state index in [0.717, 1.165) is 25.4 Å². The fourth-order valence-electron chi connectivity index (χ4n) is 1.000. The molecule has 0 fully saturated rings. The van der Waals surface area contributed by atoms with Gasteiger partial charge in [-0.05, 0) is 13.8 Å². The van der Waals surface area contributed by atoms with Crippen LogP contribution in [0.1, 0.15) is 20.3 Å². The quantitative estimate of drug-likeness (QED) is 0.205. The Hall–Kier alpha value is 1.49. The van der Waals surface area contributed by atoms with Crippen LogP contribution in [0.2, 0.25) is 6.04 Å². The van der Waals surface area contributed by atoms with Gasteiger partial charge in [0.05, 0.1) is 9.52 Å². The summed E-state index contributed by atoms with van der Waals surface area (Å²) in [7, 11) is -0.219. The molecule has 0 radical (unpaired) electrons. The van der Waals surface area contributed by atoms with E-state index in [2.05, 4.69) is 0 Å². The van der Waals surface area contributed by atoms with Crippen LogP contribution in [0.15, 0.2) is 0 Å². The maximum atomic E-state index is 5.43. The monoisotopic (exact) mass is 230 g/mol. The van der Waals surface area contributed by atoms with Crippen molar-refractivity contribution < 1.29 is 39.0 Å². The van der Waals surface area contributed by atoms with E-state index < -0.39 is 0 Å². The van der Waals surface area contributed by atoms with Crippen LogP contribution in [-0.4, -0.2) is 34.4 Å². The molecule has 13 heavy (non-hydrogen) atoms. The van der Waals surface area contributed by atoms with E-state index in [1.54, 1.807) is 0 Å². The molecule has 2 nitrogen and oxygen atoms in total. The predicted molar refractivity (Wildman–Crippen MR) is 57.2 cm³/mol. The van der Waals surface area contributed by atoms with Crippen molar-refractivity contribution >= 4 is 22.1 Å². The van der Waals surface area contributed by atoms with Crippen LogP contribution in [0.3, 0.4) is 0 Å². The third-order valence-corrected chi connectivity index (χ3v) is 3.68. The first-order chi connectivity index (χ1) is 5.85. The molecule has 0 aliphatic carbocycles. The number of rotatable bonds is 8. The van der Waals surface area contributed by atoms with Crippen molar-refractivity contribution in [3.8, 4) is 0 Å². The van der Waals surface area contributed by atoms with E-state index in [1.807, 2.05) is 13.8 Å². The van der Waals surface area contributed by atoms with Gasteiger partial charge in [0, 0.05) is 13.2 Å². The fraction of sp³-hybridized carbons (Fsp3) is 1.00. The molecule has 0 saturated carbocycles. The average Bonchev–Trinajstić information content (AvgIpc) is 2.06. The number of hydrogen-bond acceptors (Lipinski definition) is 3. The molecule has 0 aromatic rings. The zero-order chi connectivity index (χ0) is 9.23. The van der Waals surface area contributed by atoms with Gasteiger partial charge in [0.2, 0.25) is 0 Å². The van der Waals surface area contributed by atoms with Gasteiger partial charge in [0.1, 0.15) is 5.91 Å². The topological polar surface area (TPSA) is 18.5 Å². The zero-order valence-electron chi connectivity index (χ0n) is 9.04. The molecule has 0 N–H and O–H groups in total.